The summed E-state index contributed by atoms with van der Waals surface area (Å²) in [5.74, 6) is 1.14. The van der Waals surface area contributed by atoms with Gasteiger partial charge in [-0.25, -0.2) is 0 Å². The number of phenols is 4. The van der Waals surface area contributed by atoms with Crippen LogP contribution in [0.1, 0.15) is 246 Å². The fourth-order valence-corrected chi connectivity index (χ4v) is 9.33. The molecule has 0 saturated heterocycles. The lowest BCUT2D eigenvalue weighted by Crippen LogP contribution is -2.19. The third-order valence-corrected chi connectivity index (χ3v) is 13.4. The van der Waals surface area contributed by atoms with Gasteiger partial charge in [0, 0.05) is 12.8 Å². The maximum atomic E-state index is 13.0. The Morgan fingerprint density at radius 3 is 0.792 bits per heavy atom. The van der Waals surface area contributed by atoms with Gasteiger partial charge in [0.25, 0.3) is 0 Å². The summed E-state index contributed by atoms with van der Waals surface area (Å²) in [6.07, 6.45) is 8.75. The molecule has 0 unspecified atom stereocenters. The molecule has 0 aromatic heterocycles. The summed E-state index contributed by atoms with van der Waals surface area (Å²) in [7, 11) is 0. The van der Waals surface area contributed by atoms with E-state index in [0.29, 0.717) is 37.2 Å². The number of Topliss-reactive ketones (excluding diaryl/α,β-unsaturated/α-hetero) is 1. The molecule has 0 bridgehead atoms. The van der Waals surface area contributed by atoms with Crippen LogP contribution < -0.4 is 0 Å². The fourth-order valence-electron chi connectivity index (χ4n) is 9.33. The quantitative estimate of drug-likeness (QED) is 0.118. The third kappa shape index (κ3) is 16.5. The molecule has 0 spiro atoms. The zero-order chi connectivity index (χ0) is 55.7. The monoisotopic (exact) mass is 985 g/mol. The number of aryl methyl sites for hydroxylation is 2. The molecule has 0 atom stereocenters. The van der Waals surface area contributed by atoms with Gasteiger partial charge in [0.2, 0.25) is 0 Å². The highest BCUT2D eigenvalue weighted by atomic mass is 16.3. The summed E-state index contributed by atoms with van der Waals surface area (Å²) in [5, 5.41) is 42.9. The minimum absolute atomic E-state index is 0.0833. The Kier molecular flexibility index (Phi) is 18.5. The smallest absolute Gasteiger partial charge is 0.178 e. The Morgan fingerprint density at radius 1 is 0.333 bits per heavy atom. The molecule has 6 heteroatoms. The number of benzene rings is 4. The molecule has 4 aromatic carbocycles. The van der Waals surface area contributed by atoms with Crippen LogP contribution in [0.5, 0.6) is 23.0 Å². The van der Waals surface area contributed by atoms with Crippen molar-refractivity contribution in [1.29, 1.82) is 0 Å². The number of hydrogen-bond donors (Lipinski definition) is 4. The van der Waals surface area contributed by atoms with E-state index in [1.165, 1.54) is 23.3 Å². The lowest BCUT2D eigenvalue weighted by molar-refractivity contribution is -0.119. The highest BCUT2D eigenvalue weighted by Crippen LogP contribution is 2.42. The molecular weight excluding hydrogens is 889 g/mol. The van der Waals surface area contributed by atoms with Crippen molar-refractivity contribution >= 4 is 23.7 Å². The second kappa shape index (κ2) is 21.8. The summed E-state index contributed by atoms with van der Waals surface area (Å²) in [6.45, 7) is 51.0. The largest absolute Gasteiger partial charge is 0.508 e. The molecule has 4 rings (SSSR count). The summed E-state index contributed by atoms with van der Waals surface area (Å²) in [6, 6.07) is 15.6. The van der Waals surface area contributed by atoms with Gasteiger partial charge in [-0.05, 0) is 159 Å². The third-order valence-electron chi connectivity index (χ3n) is 13.4. The highest BCUT2D eigenvalue weighted by Gasteiger charge is 2.29. The van der Waals surface area contributed by atoms with E-state index >= 15 is 0 Å². The molecule has 0 aliphatic heterocycles. The van der Waals surface area contributed by atoms with Crippen LogP contribution in [0.25, 0.3) is 12.2 Å². The van der Waals surface area contributed by atoms with E-state index in [-0.39, 0.29) is 66.4 Å². The topological polar surface area (TPSA) is 115 Å². The summed E-state index contributed by atoms with van der Waals surface area (Å²) < 4.78 is 0. The Bertz CT molecular complexity index is 2460. The Morgan fingerprint density at radius 2 is 0.556 bits per heavy atom. The number of ketones is 2. The van der Waals surface area contributed by atoms with Gasteiger partial charge in [0.15, 0.2) is 5.78 Å². The van der Waals surface area contributed by atoms with Gasteiger partial charge >= 0.3 is 0 Å². The molecule has 72 heavy (non-hydrogen) atoms. The Labute approximate surface area is 437 Å². The lowest BCUT2D eigenvalue weighted by atomic mass is 9.76. The van der Waals surface area contributed by atoms with Gasteiger partial charge in [0.1, 0.15) is 28.8 Å². The number of aromatic hydroxyl groups is 4. The molecule has 0 heterocycles. The van der Waals surface area contributed by atoms with Crippen LogP contribution in [0, 0.1) is 0 Å². The van der Waals surface area contributed by atoms with Crippen molar-refractivity contribution in [2.45, 2.75) is 235 Å². The van der Waals surface area contributed by atoms with Crippen molar-refractivity contribution in [1.82, 2.24) is 0 Å². The first kappa shape index (κ1) is 61.2. The summed E-state index contributed by atoms with van der Waals surface area (Å²) in [4.78, 5) is 25.8. The van der Waals surface area contributed by atoms with Crippen molar-refractivity contribution in [2.75, 3.05) is 0 Å². The minimum atomic E-state index is -0.191. The Hall–Kier alpha value is -5.10. The van der Waals surface area contributed by atoms with E-state index < -0.39 is 0 Å². The first-order valence-corrected chi connectivity index (χ1v) is 26.2. The maximum Gasteiger partial charge on any atom is 0.178 e. The van der Waals surface area contributed by atoms with Crippen LogP contribution >= 0.6 is 0 Å². The van der Waals surface area contributed by atoms with Crippen LogP contribution in [0.15, 0.2) is 60.7 Å². The highest BCUT2D eigenvalue weighted by molar-refractivity contribution is 6.04. The molecule has 0 amide bonds. The number of phenolic OH excluding ortho intramolecular Hbond substituents is 4. The van der Waals surface area contributed by atoms with Gasteiger partial charge < -0.3 is 20.4 Å². The molecule has 6 nitrogen and oxygen atoms in total. The zero-order valence-corrected chi connectivity index (χ0v) is 49.4. The van der Waals surface area contributed by atoms with Gasteiger partial charge in [-0.2, -0.15) is 0 Å². The molecule has 0 aliphatic rings. The number of carbonyl (C=O) groups excluding carboxylic acids is 2. The van der Waals surface area contributed by atoms with E-state index in [1.54, 1.807) is 24.3 Å². The van der Waals surface area contributed by atoms with Crippen molar-refractivity contribution in [3.8, 4) is 23.0 Å². The molecule has 0 aliphatic carbocycles. The second-order valence-electron chi connectivity index (χ2n) is 28.6. The van der Waals surface area contributed by atoms with Crippen LogP contribution in [0.3, 0.4) is 0 Å². The molecular formula is C66H96O6. The van der Waals surface area contributed by atoms with E-state index in [4.69, 9.17) is 0 Å². The van der Waals surface area contributed by atoms with E-state index in [9.17, 15) is 30.0 Å². The van der Waals surface area contributed by atoms with Gasteiger partial charge in [-0.1, -0.05) is 203 Å². The van der Waals surface area contributed by atoms with Crippen LogP contribution in [0.4, 0.5) is 0 Å². The molecule has 0 fully saturated rings. The molecule has 396 valence electrons. The molecule has 4 aromatic rings. The number of carbonyl (C=O) groups is 2. The van der Waals surface area contributed by atoms with Gasteiger partial charge in [-0.3, -0.25) is 9.59 Å². The van der Waals surface area contributed by atoms with E-state index in [1.807, 2.05) is 12.1 Å². The van der Waals surface area contributed by atoms with Crippen molar-refractivity contribution in [2.24, 2.45) is 0 Å². The number of rotatable bonds is 10. The molecule has 4 N–H and O–H groups in total. The van der Waals surface area contributed by atoms with Crippen molar-refractivity contribution < 1.29 is 30.0 Å². The number of allylic oxidation sites excluding steroid dienone is 2. The molecule has 0 radical (unpaired) electrons. The standard InChI is InChI=1S/C33H50O3.C33H46O3/c2*1-30(2,3)24-19-26(32(7,8)9)28(35)17-21(24)13-15-23(34)16-14-22-18-29(36)27(33(10,11)12)20-25(22)31(4,5)6/h17-20,35-36H,13-16H2,1-12H3;13-20,35-36H,1-12H3/b;15-13+,16-14+. The van der Waals surface area contributed by atoms with Crippen LogP contribution in [-0.4, -0.2) is 32.0 Å². The fraction of sp³-hybridized carbons (Fsp3) is 0.545. The first-order chi connectivity index (χ1) is 32.2. The van der Waals surface area contributed by atoms with Crippen molar-refractivity contribution in [3.05, 3.63) is 127 Å². The average molecular weight is 985 g/mol. The van der Waals surface area contributed by atoms with Gasteiger partial charge in [-0.15, -0.1) is 0 Å². The van der Waals surface area contributed by atoms with Crippen LogP contribution in [0.2, 0.25) is 0 Å². The predicted molar refractivity (Wildman–Crippen MR) is 307 cm³/mol. The molecule has 0 saturated carbocycles. The summed E-state index contributed by atoms with van der Waals surface area (Å²) >= 11 is 0. The first-order valence-electron chi connectivity index (χ1n) is 26.2. The second-order valence-corrected chi connectivity index (χ2v) is 28.6. The predicted octanol–water partition coefficient (Wildman–Crippen LogP) is 17.0. The zero-order valence-electron chi connectivity index (χ0n) is 49.4. The summed E-state index contributed by atoms with van der Waals surface area (Å²) in [5.41, 5.74) is 10.8. The van der Waals surface area contributed by atoms with E-state index in [0.717, 1.165) is 55.6 Å². The Balaban J connectivity index is 0.000000380. The van der Waals surface area contributed by atoms with E-state index in [2.05, 4.69) is 190 Å². The van der Waals surface area contributed by atoms with Crippen LogP contribution in [-0.2, 0) is 65.8 Å². The maximum absolute atomic E-state index is 13.0. The minimum Gasteiger partial charge on any atom is -0.508 e. The van der Waals surface area contributed by atoms with Gasteiger partial charge in [0.05, 0.1) is 0 Å². The average Bonchev–Trinajstić information content (AvgIpc) is 3.17. The SMILES string of the molecule is CC(C)(C)c1cc(C(C)(C)C)c(/C=C/C(=O)/C=C/c2cc(O)c(C(C)(C)C)cc2C(C)(C)C)cc1O.CC(C)(C)c1cc(C(C)(C)C)c(CCC(=O)CCc2cc(O)c(C(C)(C)C)cc2C(C)(C)C)cc1O. The van der Waals surface area contributed by atoms with Crippen molar-refractivity contribution in [3.63, 3.8) is 0 Å². The normalized spacial score (nSPS) is 13.4. The number of hydrogen-bond acceptors (Lipinski definition) is 6. The lowest BCUT2D eigenvalue weighted by Gasteiger charge is -2.29.